The number of rotatable bonds is 4. The first kappa shape index (κ1) is 15.2. The molecule has 6 nitrogen and oxygen atoms in total. The Morgan fingerprint density at radius 2 is 1.90 bits per heavy atom. The molecule has 0 radical (unpaired) electrons. The Hall–Kier alpha value is -2.24. The van der Waals surface area contributed by atoms with E-state index in [-0.39, 0.29) is 17.2 Å². The zero-order chi connectivity index (χ0) is 15.4. The first-order chi connectivity index (χ1) is 10.0. The van der Waals surface area contributed by atoms with Crippen molar-refractivity contribution >= 4 is 17.5 Å². The number of carbonyl (C=O) groups is 2. The lowest BCUT2D eigenvalue weighted by atomic mass is 10.1. The summed E-state index contributed by atoms with van der Waals surface area (Å²) in [7, 11) is 0. The van der Waals surface area contributed by atoms with E-state index in [1.165, 1.54) is 6.07 Å². The van der Waals surface area contributed by atoms with Crippen molar-refractivity contribution < 1.29 is 14.3 Å². The van der Waals surface area contributed by atoms with Crippen molar-refractivity contribution in [3.63, 3.8) is 0 Å². The molecule has 0 aromatic heterocycles. The number of para-hydroxylation sites is 1. The number of anilines is 1. The van der Waals surface area contributed by atoms with Crippen molar-refractivity contribution in [1.29, 1.82) is 0 Å². The number of nitrogens with zero attached hydrogens (tertiary/aromatic N) is 1. The zero-order valence-electron chi connectivity index (χ0n) is 12.2. The van der Waals surface area contributed by atoms with Crippen LogP contribution in [0.1, 0.15) is 36.5 Å². The number of amides is 2. The van der Waals surface area contributed by atoms with Crippen LogP contribution in [-0.2, 0) is 4.79 Å². The number of benzene rings is 1. The Bertz CT molecular complexity index is 539. The monoisotopic (exact) mass is 291 g/mol. The molecule has 1 aromatic rings. The number of nitrogens with two attached hydrogens (primary N) is 2. The standard InChI is InChI=1S/C15H21N3O3/c1-10(15(20)18-8-3-2-4-9-18)21-13-11(14(17)19)6-5-7-12(13)16/h5-7,10H,2-4,8-9,16H2,1H3,(H2,17,19). The van der Waals surface area contributed by atoms with E-state index in [9.17, 15) is 9.59 Å². The number of nitrogen functional groups attached to an aromatic ring is 1. The molecule has 0 saturated carbocycles. The first-order valence-electron chi connectivity index (χ1n) is 7.14. The number of hydrogen-bond acceptors (Lipinski definition) is 4. The van der Waals surface area contributed by atoms with Gasteiger partial charge in [0.1, 0.15) is 0 Å². The minimum absolute atomic E-state index is 0.0895. The summed E-state index contributed by atoms with van der Waals surface area (Å²) in [6.45, 7) is 3.16. The maximum absolute atomic E-state index is 12.3. The molecule has 1 fully saturated rings. The van der Waals surface area contributed by atoms with E-state index in [1.807, 2.05) is 0 Å². The highest BCUT2D eigenvalue weighted by atomic mass is 16.5. The summed E-state index contributed by atoms with van der Waals surface area (Å²) in [5, 5.41) is 0. The SMILES string of the molecule is CC(Oc1c(N)cccc1C(N)=O)C(=O)N1CCCCC1. The van der Waals surface area contributed by atoms with Gasteiger partial charge >= 0.3 is 0 Å². The van der Waals surface area contributed by atoms with Gasteiger partial charge in [0.05, 0.1) is 11.3 Å². The van der Waals surface area contributed by atoms with Gasteiger partial charge in [-0.3, -0.25) is 9.59 Å². The molecule has 1 aliphatic rings. The minimum atomic E-state index is -0.703. The molecule has 114 valence electrons. The largest absolute Gasteiger partial charge is 0.478 e. The molecular formula is C15H21N3O3. The third-order valence-electron chi connectivity index (χ3n) is 3.62. The van der Waals surface area contributed by atoms with Crippen LogP contribution < -0.4 is 16.2 Å². The summed E-state index contributed by atoms with van der Waals surface area (Å²) >= 11 is 0. The molecule has 1 heterocycles. The predicted molar refractivity (Wildman–Crippen MR) is 79.9 cm³/mol. The van der Waals surface area contributed by atoms with E-state index >= 15 is 0 Å². The molecule has 0 spiro atoms. The molecule has 0 aliphatic carbocycles. The topological polar surface area (TPSA) is 98.6 Å². The van der Waals surface area contributed by atoms with E-state index in [0.29, 0.717) is 5.69 Å². The van der Waals surface area contributed by atoms with Gasteiger partial charge in [0.2, 0.25) is 0 Å². The fourth-order valence-corrected chi connectivity index (χ4v) is 2.48. The van der Waals surface area contributed by atoms with Crippen LogP contribution in [0.3, 0.4) is 0 Å². The zero-order valence-corrected chi connectivity index (χ0v) is 12.2. The smallest absolute Gasteiger partial charge is 0.263 e. The predicted octanol–water partition coefficient (Wildman–Crippen LogP) is 1.15. The summed E-state index contributed by atoms with van der Waals surface area (Å²) in [5.41, 5.74) is 11.6. The Morgan fingerprint density at radius 3 is 2.52 bits per heavy atom. The number of ether oxygens (including phenoxy) is 1. The quantitative estimate of drug-likeness (QED) is 0.813. The second-order valence-electron chi connectivity index (χ2n) is 5.23. The lowest BCUT2D eigenvalue weighted by Gasteiger charge is -2.29. The maximum atomic E-state index is 12.3. The molecule has 21 heavy (non-hydrogen) atoms. The summed E-state index contributed by atoms with van der Waals surface area (Å²) < 4.78 is 5.64. The van der Waals surface area contributed by atoms with Gasteiger partial charge in [-0.1, -0.05) is 6.07 Å². The van der Waals surface area contributed by atoms with Crippen LogP contribution in [0.25, 0.3) is 0 Å². The van der Waals surface area contributed by atoms with E-state index in [4.69, 9.17) is 16.2 Å². The molecule has 2 amide bonds. The molecule has 1 aliphatic heterocycles. The first-order valence-corrected chi connectivity index (χ1v) is 7.14. The average Bonchev–Trinajstić information content (AvgIpc) is 2.49. The third kappa shape index (κ3) is 3.45. The highest BCUT2D eigenvalue weighted by molar-refractivity contribution is 5.97. The van der Waals surface area contributed by atoms with Crippen LogP contribution in [0.2, 0.25) is 0 Å². The van der Waals surface area contributed by atoms with E-state index < -0.39 is 12.0 Å². The minimum Gasteiger partial charge on any atom is -0.478 e. The number of hydrogen-bond donors (Lipinski definition) is 2. The van der Waals surface area contributed by atoms with Crippen LogP contribution in [0.4, 0.5) is 5.69 Å². The molecule has 6 heteroatoms. The highest BCUT2D eigenvalue weighted by Crippen LogP contribution is 2.27. The van der Waals surface area contributed by atoms with E-state index in [2.05, 4.69) is 0 Å². The maximum Gasteiger partial charge on any atom is 0.263 e. The number of primary amides is 1. The molecule has 4 N–H and O–H groups in total. The van der Waals surface area contributed by atoms with Crippen LogP contribution in [0.15, 0.2) is 18.2 Å². The van der Waals surface area contributed by atoms with Crippen molar-refractivity contribution in [2.24, 2.45) is 5.73 Å². The second kappa shape index (κ2) is 6.47. The van der Waals surface area contributed by atoms with Crippen molar-refractivity contribution in [3.05, 3.63) is 23.8 Å². The number of likely N-dealkylation sites (tertiary alicyclic amines) is 1. The van der Waals surface area contributed by atoms with Gasteiger partial charge in [0, 0.05) is 13.1 Å². The molecule has 1 saturated heterocycles. The number of piperidine rings is 1. The molecule has 1 unspecified atom stereocenters. The van der Waals surface area contributed by atoms with Gasteiger partial charge in [0.15, 0.2) is 11.9 Å². The van der Waals surface area contributed by atoms with Crippen molar-refractivity contribution in [3.8, 4) is 5.75 Å². The normalized spacial score (nSPS) is 16.3. The van der Waals surface area contributed by atoms with Gasteiger partial charge in [-0.05, 0) is 38.3 Å². The molecule has 0 bridgehead atoms. The third-order valence-corrected chi connectivity index (χ3v) is 3.62. The van der Waals surface area contributed by atoms with Crippen molar-refractivity contribution in [1.82, 2.24) is 4.90 Å². The molecule has 2 rings (SSSR count). The lowest BCUT2D eigenvalue weighted by Crippen LogP contribution is -2.43. The number of carbonyl (C=O) groups excluding carboxylic acids is 2. The Labute approximate surface area is 124 Å². The summed E-state index contributed by atoms with van der Waals surface area (Å²) in [4.78, 5) is 25.5. The van der Waals surface area contributed by atoms with Gasteiger partial charge < -0.3 is 21.1 Å². The average molecular weight is 291 g/mol. The summed E-state index contributed by atoms with van der Waals surface area (Å²) in [5.74, 6) is -0.536. The summed E-state index contributed by atoms with van der Waals surface area (Å²) in [6.07, 6.45) is 2.47. The van der Waals surface area contributed by atoms with Crippen LogP contribution in [0.5, 0.6) is 5.75 Å². The molecule has 1 atom stereocenters. The fraction of sp³-hybridized carbons (Fsp3) is 0.467. The second-order valence-corrected chi connectivity index (χ2v) is 5.23. The van der Waals surface area contributed by atoms with Gasteiger partial charge in [-0.15, -0.1) is 0 Å². The van der Waals surface area contributed by atoms with Crippen molar-refractivity contribution in [2.45, 2.75) is 32.3 Å². The van der Waals surface area contributed by atoms with E-state index in [1.54, 1.807) is 24.0 Å². The fourth-order valence-electron chi connectivity index (χ4n) is 2.48. The van der Waals surface area contributed by atoms with E-state index in [0.717, 1.165) is 32.4 Å². The Morgan fingerprint density at radius 1 is 1.24 bits per heavy atom. The van der Waals surface area contributed by atoms with Gasteiger partial charge in [-0.25, -0.2) is 0 Å². The molecular weight excluding hydrogens is 270 g/mol. The van der Waals surface area contributed by atoms with Crippen LogP contribution in [-0.4, -0.2) is 35.9 Å². The van der Waals surface area contributed by atoms with Crippen LogP contribution in [0, 0.1) is 0 Å². The van der Waals surface area contributed by atoms with Crippen LogP contribution >= 0.6 is 0 Å². The van der Waals surface area contributed by atoms with Gasteiger partial charge in [0.25, 0.3) is 11.8 Å². The van der Waals surface area contributed by atoms with Crippen molar-refractivity contribution in [2.75, 3.05) is 18.8 Å². The highest BCUT2D eigenvalue weighted by Gasteiger charge is 2.25. The molecule has 1 aromatic carbocycles. The lowest BCUT2D eigenvalue weighted by molar-refractivity contribution is -0.138. The Balaban J connectivity index is 2.13. The summed E-state index contributed by atoms with van der Waals surface area (Å²) in [6, 6.07) is 4.77. The Kier molecular flexibility index (Phi) is 4.67. The van der Waals surface area contributed by atoms with Gasteiger partial charge in [-0.2, -0.15) is 0 Å².